The van der Waals surface area contributed by atoms with Gasteiger partial charge in [-0.25, -0.2) is 0 Å². The Hall–Kier alpha value is -1.20. The lowest BCUT2D eigenvalue weighted by Gasteiger charge is -2.36. The number of nitrogens with one attached hydrogen (secondary N) is 1. The number of hydrogen-bond acceptors (Lipinski definition) is 5. The molecule has 1 aliphatic rings. The largest absolute Gasteiger partial charge is 0.339 e. The first kappa shape index (κ1) is 12.8. The standard InChI is InChI=1S/C14H19N3OS/c1-15-14(6-3-2-4-7-14)9-12-16-13(17-18-12)11-5-8-19-10-11/h5,8,10,15H,2-4,6-7,9H2,1H3. The molecule has 0 amide bonds. The Morgan fingerprint density at radius 3 is 2.89 bits per heavy atom. The van der Waals surface area contributed by atoms with Crippen molar-refractivity contribution in [3.63, 3.8) is 0 Å². The lowest BCUT2D eigenvalue weighted by Crippen LogP contribution is -2.46. The lowest BCUT2D eigenvalue weighted by molar-refractivity contribution is 0.221. The van der Waals surface area contributed by atoms with E-state index < -0.39 is 0 Å². The summed E-state index contributed by atoms with van der Waals surface area (Å²) in [5.74, 6) is 1.45. The Bertz CT molecular complexity index is 515. The molecule has 0 unspecified atom stereocenters. The number of likely N-dealkylation sites (N-methyl/N-ethyl adjacent to an activating group) is 1. The van der Waals surface area contributed by atoms with Gasteiger partial charge in [0, 0.05) is 22.9 Å². The topological polar surface area (TPSA) is 51.0 Å². The SMILES string of the molecule is CNC1(Cc2nc(-c3ccsc3)no2)CCCCC1. The van der Waals surface area contributed by atoms with E-state index in [9.17, 15) is 0 Å². The van der Waals surface area contributed by atoms with Gasteiger partial charge in [0.1, 0.15) is 0 Å². The van der Waals surface area contributed by atoms with Crippen LogP contribution in [-0.4, -0.2) is 22.7 Å². The van der Waals surface area contributed by atoms with Gasteiger partial charge in [0.25, 0.3) is 0 Å². The molecule has 1 saturated carbocycles. The second-order valence-electron chi connectivity index (χ2n) is 5.29. The average molecular weight is 277 g/mol. The summed E-state index contributed by atoms with van der Waals surface area (Å²) in [5, 5.41) is 11.6. The normalized spacial score (nSPS) is 18.6. The van der Waals surface area contributed by atoms with Gasteiger partial charge in [0.2, 0.25) is 11.7 Å². The monoisotopic (exact) mass is 277 g/mol. The summed E-state index contributed by atoms with van der Waals surface area (Å²) in [6, 6.07) is 2.02. The van der Waals surface area contributed by atoms with Crippen molar-refractivity contribution in [2.24, 2.45) is 0 Å². The van der Waals surface area contributed by atoms with E-state index >= 15 is 0 Å². The number of rotatable bonds is 4. The minimum Gasteiger partial charge on any atom is -0.339 e. The Balaban J connectivity index is 1.76. The highest BCUT2D eigenvalue weighted by molar-refractivity contribution is 7.08. The maximum absolute atomic E-state index is 5.42. The Morgan fingerprint density at radius 1 is 1.37 bits per heavy atom. The third kappa shape index (κ3) is 2.72. The second kappa shape index (κ2) is 5.43. The average Bonchev–Trinajstić information content (AvgIpc) is 3.10. The molecule has 4 nitrogen and oxygen atoms in total. The lowest BCUT2D eigenvalue weighted by atomic mass is 9.79. The predicted molar refractivity (Wildman–Crippen MR) is 76.2 cm³/mol. The molecule has 1 aliphatic carbocycles. The van der Waals surface area contributed by atoms with Crippen LogP contribution in [0.2, 0.25) is 0 Å². The molecule has 102 valence electrons. The van der Waals surface area contributed by atoms with Gasteiger partial charge in [-0.1, -0.05) is 24.4 Å². The minimum atomic E-state index is 0.150. The first-order chi connectivity index (χ1) is 9.31. The molecule has 0 atom stereocenters. The summed E-state index contributed by atoms with van der Waals surface area (Å²) >= 11 is 1.65. The molecular formula is C14H19N3OS. The summed E-state index contributed by atoms with van der Waals surface area (Å²) in [7, 11) is 2.04. The van der Waals surface area contributed by atoms with Gasteiger partial charge in [-0.05, 0) is 31.3 Å². The first-order valence-electron chi connectivity index (χ1n) is 6.85. The molecule has 3 rings (SSSR count). The van der Waals surface area contributed by atoms with Gasteiger partial charge < -0.3 is 9.84 Å². The van der Waals surface area contributed by atoms with Crippen LogP contribution in [0.15, 0.2) is 21.3 Å². The Kier molecular flexibility index (Phi) is 3.66. The van der Waals surface area contributed by atoms with Crippen LogP contribution in [0.3, 0.4) is 0 Å². The Labute approximate surface area is 117 Å². The molecule has 2 aromatic rings. The fourth-order valence-corrected chi connectivity index (χ4v) is 3.50. The number of hydrogen-bond donors (Lipinski definition) is 1. The van der Waals surface area contributed by atoms with Crippen molar-refractivity contribution in [1.82, 2.24) is 15.5 Å². The third-order valence-corrected chi connectivity index (χ3v) is 4.76. The summed E-state index contributed by atoms with van der Waals surface area (Å²) in [6.45, 7) is 0. The fraction of sp³-hybridized carbons (Fsp3) is 0.571. The Morgan fingerprint density at radius 2 is 2.21 bits per heavy atom. The van der Waals surface area contributed by atoms with E-state index in [0.717, 1.165) is 17.9 Å². The van der Waals surface area contributed by atoms with Crippen molar-refractivity contribution in [3.8, 4) is 11.4 Å². The quantitative estimate of drug-likeness (QED) is 0.932. The van der Waals surface area contributed by atoms with Gasteiger partial charge in [-0.2, -0.15) is 16.3 Å². The van der Waals surface area contributed by atoms with Crippen LogP contribution in [0.25, 0.3) is 11.4 Å². The summed E-state index contributed by atoms with van der Waals surface area (Å²) in [5.41, 5.74) is 1.19. The highest BCUT2D eigenvalue weighted by atomic mass is 32.1. The zero-order valence-electron chi connectivity index (χ0n) is 11.2. The summed E-state index contributed by atoms with van der Waals surface area (Å²) < 4.78 is 5.42. The van der Waals surface area contributed by atoms with Crippen LogP contribution >= 0.6 is 11.3 Å². The molecule has 19 heavy (non-hydrogen) atoms. The van der Waals surface area contributed by atoms with Gasteiger partial charge >= 0.3 is 0 Å². The number of aromatic nitrogens is 2. The highest BCUT2D eigenvalue weighted by Crippen LogP contribution is 2.31. The molecule has 0 saturated heterocycles. The van der Waals surface area contributed by atoms with Crippen LogP contribution in [0.4, 0.5) is 0 Å². The van der Waals surface area contributed by atoms with E-state index in [1.165, 1.54) is 32.1 Å². The van der Waals surface area contributed by atoms with Crippen LogP contribution in [0.1, 0.15) is 38.0 Å². The molecule has 1 fully saturated rings. The van der Waals surface area contributed by atoms with Crippen molar-refractivity contribution >= 4 is 11.3 Å². The molecule has 0 aromatic carbocycles. The van der Waals surface area contributed by atoms with Crippen LogP contribution < -0.4 is 5.32 Å². The number of nitrogens with zero attached hydrogens (tertiary/aromatic N) is 2. The van der Waals surface area contributed by atoms with E-state index in [1.54, 1.807) is 11.3 Å². The number of thiophene rings is 1. The minimum absolute atomic E-state index is 0.150. The van der Waals surface area contributed by atoms with Gasteiger partial charge in [0.05, 0.1) is 0 Å². The smallest absolute Gasteiger partial charge is 0.228 e. The van der Waals surface area contributed by atoms with Crippen molar-refractivity contribution in [1.29, 1.82) is 0 Å². The predicted octanol–water partition coefficient (Wildman–Crippen LogP) is 3.26. The molecular weight excluding hydrogens is 258 g/mol. The highest BCUT2D eigenvalue weighted by Gasteiger charge is 2.32. The molecule has 0 radical (unpaired) electrons. The van der Waals surface area contributed by atoms with E-state index in [4.69, 9.17) is 4.52 Å². The van der Waals surface area contributed by atoms with Crippen LogP contribution in [0, 0.1) is 0 Å². The molecule has 0 spiro atoms. The van der Waals surface area contributed by atoms with Crippen molar-refractivity contribution < 1.29 is 4.52 Å². The van der Waals surface area contributed by atoms with Gasteiger partial charge in [-0.3, -0.25) is 0 Å². The van der Waals surface area contributed by atoms with Crippen molar-refractivity contribution in [2.45, 2.75) is 44.1 Å². The molecule has 1 N–H and O–H groups in total. The van der Waals surface area contributed by atoms with Crippen molar-refractivity contribution in [3.05, 3.63) is 22.7 Å². The van der Waals surface area contributed by atoms with Crippen molar-refractivity contribution in [2.75, 3.05) is 7.05 Å². The molecule has 5 heteroatoms. The van der Waals surface area contributed by atoms with E-state index in [0.29, 0.717) is 5.82 Å². The molecule has 2 heterocycles. The summed E-state index contributed by atoms with van der Waals surface area (Å²) in [6.07, 6.45) is 7.13. The maximum atomic E-state index is 5.42. The zero-order valence-corrected chi connectivity index (χ0v) is 12.0. The summed E-state index contributed by atoms with van der Waals surface area (Å²) in [4.78, 5) is 4.53. The van der Waals surface area contributed by atoms with E-state index in [-0.39, 0.29) is 5.54 Å². The van der Waals surface area contributed by atoms with Gasteiger partial charge in [0.15, 0.2) is 0 Å². The maximum Gasteiger partial charge on any atom is 0.228 e. The van der Waals surface area contributed by atoms with Crippen LogP contribution in [0.5, 0.6) is 0 Å². The molecule has 0 aliphatic heterocycles. The fourth-order valence-electron chi connectivity index (χ4n) is 2.87. The third-order valence-electron chi connectivity index (χ3n) is 4.08. The van der Waals surface area contributed by atoms with Crippen LogP contribution in [-0.2, 0) is 6.42 Å². The zero-order chi connectivity index (χ0) is 13.1. The second-order valence-corrected chi connectivity index (χ2v) is 6.07. The van der Waals surface area contributed by atoms with E-state index in [2.05, 4.69) is 15.5 Å². The first-order valence-corrected chi connectivity index (χ1v) is 7.80. The van der Waals surface area contributed by atoms with Gasteiger partial charge in [-0.15, -0.1) is 0 Å². The molecule has 0 bridgehead atoms. The molecule has 2 aromatic heterocycles. The van der Waals surface area contributed by atoms with E-state index in [1.807, 2.05) is 23.9 Å².